The molecule has 0 radical (unpaired) electrons. The molecule has 0 atom stereocenters. The van der Waals surface area contributed by atoms with Crippen LogP contribution in [0.2, 0.25) is 0 Å². The van der Waals surface area contributed by atoms with Crippen molar-refractivity contribution < 1.29 is 14.1 Å². The zero-order valence-electron chi connectivity index (χ0n) is 8.90. The molecule has 0 aliphatic heterocycles. The molecule has 16 heavy (non-hydrogen) atoms. The third-order valence-corrected chi connectivity index (χ3v) is 1.94. The van der Waals surface area contributed by atoms with E-state index in [1.807, 2.05) is 6.92 Å². The highest BCUT2D eigenvalue weighted by molar-refractivity contribution is 5.61. The highest BCUT2D eigenvalue weighted by Gasteiger charge is 2.18. The van der Waals surface area contributed by atoms with E-state index in [2.05, 4.69) is 5.32 Å². The van der Waals surface area contributed by atoms with E-state index in [0.29, 0.717) is 19.8 Å². The van der Waals surface area contributed by atoms with Crippen LogP contribution in [0.25, 0.3) is 0 Å². The Bertz CT molecular complexity index is 371. The van der Waals surface area contributed by atoms with E-state index in [-0.39, 0.29) is 5.69 Å². The second-order valence-corrected chi connectivity index (χ2v) is 3.02. The number of para-hydroxylation sites is 1. The Hall–Kier alpha value is -1.69. The summed E-state index contributed by atoms with van der Waals surface area (Å²) >= 11 is 0. The maximum absolute atomic E-state index is 13.2. The Morgan fingerprint density at radius 1 is 1.56 bits per heavy atom. The van der Waals surface area contributed by atoms with Crippen LogP contribution in [0.5, 0.6) is 0 Å². The number of halogens is 1. The van der Waals surface area contributed by atoms with Gasteiger partial charge in [-0.3, -0.25) is 10.1 Å². The standard InChI is InChI=1S/C10H13FN2O3/c1-2-16-7-6-12-9-5-3-4-8(11)10(9)13(14)15/h3-5,12H,2,6-7H2,1H3. The molecule has 1 rings (SSSR count). The van der Waals surface area contributed by atoms with Crippen LogP contribution < -0.4 is 5.32 Å². The SMILES string of the molecule is CCOCCNc1cccc(F)c1[N+](=O)[O-]. The number of nitro benzene ring substituents is 1. The van der Waals surface area contributed by atoms with Crippen LogP contribution in [0.4, 0.5) is 15.8 Å². The van der Waals surface area contributed by atoms with Crippen molar-refractivity contribution in [2.45, 2.75) is 6.92 Å². The van der Waals surface area contributed by atoms with Crippen LogP contribution in [0.1, 0.15) is 6.92 Å². The van der Waals surface area contributed by atoms with E-state index in [1.54, 1.807) is 0 Å². The fraction of sp³-hybridized carbons (Fsp3) is 0.400. The lowest BCUT2D eigenvalue weighted by Crippen LogP contribution is -2.11. The minimum atomic E-state index is -0.841. The monoisotopic (exact) mass is 228 g/mol. The zero-order chi connectivity index (χ0) is 12.0. The summed E-state index contributed by atoms with van der Waals surface area (Å²) in [5, 5.41) is 13.4. The molecule has 1 aromatic carbocycles. The van der Waals surface area contributed by atoms with Crippen LogP contribution >= 0.6 is 0 Å². The average molecular weight is 228 g/mol. The van der Waals surface area contributed by atoms with Crippen LogP contribution in [0.3, 0.4) is 0 Å². The lowest BCUT2D eigenvalue weighted by molar-refractivity contribution is -0.386. The van der Waals surface area contributed by atoms with Crippen molar-refractivity contribution >= 4 is 11.4 Å². The first-order chi connectivity index (χ1) is 7.66. The molecule has 0 aliphatic carbocycles. The van der Waals surface area contributed by atoms with Gasteiger partial charge in [0.15, 0.2) is 0 Å². The number of benzene rings is 1. The number of hydrogen-bond acceptors (Lipinski definition) is 4. The van der Waals surface area contributed by atoms with Crippen LogP contribution in [-0.4, -0.2) is 24.7 Å². The van der Waals surface area contributed by atoms with E-state index in [4.69, 9.17) is 4.74 Å². The number of nitro groups is 1. The molecule has 0 heterocycles. The molecule has 0 fully saturated rings. The molecule has 88 valence electrons. The molecule has 0 unspecified atom stereocenters. The first-order valence-corrected chi connectivity index (χ1v) is 4.91. The summed E-state index contributed by atoms with van der Waals surface area (Å²) in [5.41, 5.74) is -0.358. The first kappa shape index (κ1) is 12.4. The summed E-state index contributed by atoms with van der Waals surface area (Å²) in [6.45, 7) is 3.25. The quantitative estimate of drug-likeness (QED) is 0.460. The Kier molecular flexibility index (Phi) is 4.65. The van der Waals surface area contributed by atoms with Gasteiger partial charge in [-0.2, -0.15) is 4.39 Å². The van der Waals surface area contributed by atoms with Gasteiger partial charge in [-0.15, -0.1) is 0 Å². The van der Waals surface area contributed by atoms with Gasteiger partial charge in [0, 0.05) is 13.2 Å². The van der Waals surface area contributed by atoms with Crippen LogP contribution in [0.15, 0.2) is 18.2 Å². The van der Waals surface area contributed by atoms with E-state index >= 15 is 0 Å². The molecule has 5 nitrogen and oxygen atoms in total. The number of nitrogens with one attached hydrogen (secondary N) is 1. The fourth-order valence-electron chi connectivity index (χ4n) is 1.25. The molecular weight excluding hydrogens is 215 g/mol. The van der Waals surface area contributed by atoms with Crippen molar-refractivity contribution in [3.05, 3.63) is 34.1 Å². The van der Waals surface area contributed by atoms with E-state index in [9.17, 15) is 14.5 Å². The van der Waals surface area contributed by atoms with Gasteiger partial charge in [0.2, 0.25) is 5.82 Å². The lowest BCUT2D eigenvalue weighted by Gasteiger charge is -2.07. The normalized spacial score (nSPS) is 10.1. The third kappa shape index (κ3) is 3.16. The van der Waals surface area contributed by atoms with Gasteiger partial charge in [0.1, 0.15) is 5.69 Å². The van der Waals surface area contributed by atoms with Crippen LogP contribution in [0, 0.1) is 15.9 Å². The van der Waals surface area contributed by atoms with E-state index in [0.717, 1.165) is 6.07 Å². The van der Waals surface area contributed by atoms with E-state index < -0.39 is 16.4 Å². The van der Waals surface area contributed by atoms with Crippen LogP contribution in [-0.2, 0) is 4.74 Å². The lowest BCUT2D eigenvalue weighted by atomic mass is 10.2. The number of nitrogens with zero attached hydrogens (tertiary/aromatic N) is 1. The maximum atomic E-state index is 13.2. The Morgan fingerprint density at radius 3 is 2.94 bits per heavy atom. The third-order valence-electron chi connectivity index (χ3n) is 1.94. The van der Waals surface area contributed by atoms with Gasteiger partial charge in [0.05, 0.1) is 11.5 Å². The maximum Gasteiger partial charge on any atom is 0.327 e. The largest absolute Gasteiger partial charge is 0.380 e. The van der Waals surface area contributed by atoms with Crippen molar-refractivity contribution in [3.8, 4) is 0 Å². The highest BCUT2D eigenvalue weighted by atomic mass is 19.1. The van der Waals surface area contributed by atoms with Crippen molar-refractivity contribution in [1.29, 1.82) is 0 Å². The molecule has 0 bridgehead atoms. The van der Waals surface area contributed by atoms with Gasteiger partial charge in [-0.1, -0.05) is 6.07 Å². The predicted molar refractivity (Wildman–Crippen MR) is 58.0 cm³/mol. The molecule has 0 saturated carbocycles. The molecule has 1 N–H and O–H groups in total. The van der Waals surface area contributed by atoms with Crippen molar-refractivity contribution in [2.24, 2.45) is 0 Å². The Balaban J connectivity index is 2.71. The number of rotatable bonds is 6. The highest BCUT2D eigenvalue weighted by Crippen LogP contribution is 2.26. The number of anilines is 1. The Labute approximate surface area is 92.4 Å². The number of ether oxygens (including phenoxy) is 1. The summed E-state index contributed by atoms with van der Waals surface area (Å²) in [5.74, 6) is -0.841. The molecule has 0 saturated heterocycles. The molecule has 0 aliphatic rings. The van der Waals surface area contributed by atoms with Gasteiger partial charge >= 0.3 is 5.69 Å². The topological polar surface area (TPSA) is 64.4 Å². The molecule has 0 amide bonds. The zero-order valence-corrected chi connectivity index (χ0v) is 8.90. The van der Waals surface area contributed by atoms with Gasteiger partial charge in [-0.25, -0.2) is 0 Å². The van der Waals surface area contributed by atoms with Crippen molar-refractivity contribution in [2.75, 3.05) is 25.1 Å². The minimum absolute atomic E-state index is 0.171. The molecule has 6 heteroatoms. The smallest absolute Gasteiger partial charge is 0.327 e. The summed E-state index contributed by atoms with van der Waals surface area (Å²) in [4.78, 5) is 9.89. The van der Waals surface area contributed by atoms with Gasteiger partial charge < -0.3 is 10.1 Å². The van der Waals surface area contributed by atoms with Crippen molar-refractivity contribution in [1.82, 2.24) is 0 Å². The summed E-state index contributed by atoms with van der Waals surface area (Å²) in [7, 11) is 0. The van der Waals surface area contributed by atoms with E-state index in [1.165, 1.54) is 12.1 Å². The second-order valence-electron chi connectivity index (χ2n) is 3.02. The minimum Gasteiger partial charge on any atom is -0.380 e. The first-order valence-electron chi connectivity index (χ1n) is 4.91. The molecule has 0 aromatic heterocycles. The predicted octanol–water partition coefficient (Wildman–Crippen LogP) is 2.18. The molecule has 1 aromatic rings. The Morgan fingerprint density at radius 2 is 2.31 bits per heavy atom. The summed E-state index contributed by atoms with van der Waals surface area (Å²) in [6.07, 6.45) is 0. The summed E-state index contributed by atoms with van der Waals surface area (Å²) in [6, 6.07) is 3.95. The molecular formula is C10H13FN2O3. The number of hydrogen-bond donors (Lipinski definition) is 1. The van der Waals surface area contributed by atoms with Gasteiger partial charge in [-0.05, 0) is 19.1 Å². The average Bonchev–Trinajstić information content (AvgIpc) is 2.24. The fourth-order valence-corrected chi connectivity index (χ4v) is 1.25. The van der Waals surface area contributed by atoms with Gasteiger partial charge in [0.25, 0.3) is 0 Å². The molecule has 0 spiro atoms. The second kappa shape index (κ2) is 6.02. The van der Waals surface area contributed by atoms with Crippen molar-refractivity contribution in [3.63, 3.8) is 0 Å². The summed E-state index contributed by atoms with van der Waals surface area (Å²) < 4.78 is 18.2.